The van der Waals surface area contributed by atoms with Crippen molar-refractivity contribution in [3.8, 4) is 0 Å². The van der Waals surface area contributed by atoms with Gasteiger partial charge >= 0.3 is 0 Å². The van der Waals surface area contributed by atoms with Crippen LogP contribution in [0.5, 0.6) is 0 Å². The summed E-state index contributed by atoms with van der Waals surface area (Å²) in [4.78, 5) is 33.0. The molecule has 0 bridgehead atoms. The Morgan fingerprint density at radius 1 is 1.36 bits per heavy atom. The van der Waals surface area contributed by atoms with Crippen LogP contribution in [0.2, 0.25) is 0 Å². The molecule has 0 spiro atoms. The zero-order valence-electron chi connectivity index (χ0n) is 14.4. The van der Waals surface area contributed by atoms with Gasteiger partial charge in [-0.1, -0.05) is 11.3 Å². The number of piperazine rings is 1. The highest BCUT2D eigenvalue weighted by Crippen LogP contribution is 2.22. The maximum absolute atomic E-state index is 12.0. The number of nitrogens with one attached hydrogen (secondary N) is 1. The van der Waals surface area contributed by atoms with Crippen molar-refractivity contribution in [2.75, 3.05) is 57.9 Å². The Hall–Kier alpha value is -2.04. The molecule has 3 rings (SSSR count). The highest BCUT2D eigenvalue weighted by molar-refractivity contribution is 7.20. The van der Waals surface area contributed by atoms with E-state index >= 15 is 0 Å². The Morgan fingerprint density at radius 3 is 2.84 bits per heavy atom. The molecule has 25 heavy (non-hydrogen) atoms. The topological polar surface area (TPSA) is 92.1 Å². The number of methoxy groups -OCH3 is 1. The molecule has 1 aliphatic heterocycles. The normalized spacial score (nSPS) is 15.7. The van der Waals surface area contributed by atoms with Crippen LogP contribution < -0.4 is 15.8 Å². The predicted molar refractivity (Wildman–Crippen MR) is 95.4 cm³/mol. The number of nitrogens with zero attached hydrogens (tertiary/aromatic N) is 5. The van der Waals surface area contributed by atoms with Gasteiger partial charge in [0.2, 0.25) is 16.0 Å². The van der Waals surface area contributed by atoms with E-state index in [2.05, 4.69) is 25.2 Å². The highest BCUT2D eigenvalue weighted by atomic mass is 32.1. The summed E-state index contributed by atoms with van der Waals surface area (Å²) in [6, 6.07) is 1.48. The van der Waals surface area contributed by atoms with E-state index in [1.165, 1.54) is 21.9 Å². The van der Waals surface area contributed by atoms with Gasteiger partial charge in [0.25, 0.3) is 5.56 Å². The van der Waals surface area contributed by atoms with Crippen molar-refractivity contribution in [2.45, 2.75) is 6.92 Å². The largest absolute Gasteiger partial charge is 0.383 e. The second-order valence-electron chi connectivity index (χ2n) is 5.92. The first-order valence-corrected chi connectivity index (χ1v) is 8.99. The van der Waals surface area contributed by atoms with Crippen LogP contribution in [0, 0.1) is 6.92 Å². The lowest BCUT2D eigenvalue weighted by molar-refractivity contribution is -0.122. The Bertz CT molecular complexity index is 796. The quantitative estimate of drug-likeness (QED) is 0.679. The summed E-state index contributed by atoms with van der Waals surface area (Å²) in [5.41, 5.74) is 0.542. The fourth-order valence-electron chi connectivity index (χ4n) is 2.69. The van der Waals surface area contributed by atoms with Gasteiger partial charge in [-0.15, -0.1) is 5.10 Å². The molecule has 0 atom stereocenters. The maximum Gasteiger partial charge on any atom is 0.275 e. The lowest BCUT2D eigenvalue weighted by Gasteiger charge is -2.33. The standard InChI is InChI=1S/C15H22N6O3S/c1-11-9-13(23)21-14(17-11)25-15(18-21)20-6-4-19(5-7-20)10-12(22)16-3-8-24-2/h9H,3-8,10H2,1-2H3,(H,16,22). The first kappa shape index (κ1) is 17.8. The molecule has 0 aliphatic carbocycles. The number of aryl methyl sites for hydroxylation is 1. The van der Waals surface area contributed by atoms with Crippen LogP contribution in [0.3, 0.4) is 0 Å². The average Bonchev–Trinajstić information content (AvgIpc) is 3.00. The van der Waals surface area contributed by atoms with Crippen molar-refractivity contribution >= 4 is 27.3 Å². The minimum Gasteiger partial charge on any atom is -0.383 e. The van der Waals surface area contributed by atoms with Gasteiger partial charge in [0.1, 0.15) is 0 Å². The van der Waals surface area contributed by atoms with Gasteiger partial charge in [-0.05, 0) is 6.92 Å². The monoisotopic (exact) mass is 366 g/mol. The number of fused-ring (bicyclic) bond motifs is 1. The van der Waals surface area contributed by atoms with Crippen molar-refractivity contribution in [1.29, 1.82) is 0 Å². The van der Waals surface area contributed by atoms with Crippen molar-refractivity contribution in [2.24, 2.45) is 0 Å². The molecular weight excluding hydrogens is 344 g/mol. The number of rotatable bonds is 6. The number of aromatic nitrogens is 3. The number of amides is 1. The van der Waals surface area contributed by atoms with Crippen LogP contribution in [0.4, 0.5) is 5.13 Å². The average molecular weight is 366 g/mol. The maximum atomic E-state index is 12.0. The van der Waals surface area contributed by atoms with Crippen LogP contribution in [0.15, 0.2) is 10.9 Å². The smallest absolute Gasteiger partial charge is 0.275 e. The fourth-order valence-corrected chi connectivity index (χ4v) is 3.69. The fraction of sp³-hybridized carbons (Fsp3) is 0.600. The molecule has 10 heteroatoms. The number of carbonyl (C=O) groups excluding carboxylic acids is 1. The van der Waals surface area contributed by atoms with E-state index < -0.39 is 0 Å². The summed E-state index contributed by atoms with van der Waals surface area (Å²) in [6.45, 7) is 6.31. The summed E-state index contributed by atoms with van der Waals surface area (Å²) < 4.78 is 6.27. The van der Waals surface area contributed by atoms with Crippen LogP contribution in [-0.2, 0) is 9.53 Å². The van der Waals surface area contributed by atoms with E-state index in [4.69, 9.17) is 4.74 Å². The van der Waals surface area contributed by atoms with E-state index in [0.717, 1.165) is 31.3 Å². The Morgan fingerprint density at radius 2 is 2.12 bits per heavy atom. The minimum absolute atomic E-state index is 0.0108. The third-order valence-electron chi connectivity index (χ3n) is 4.00. The van der Waals surface area contributed by atoms with Crippen molar-refractivity contribution in [3.63, 3.8) is 0 Å². The van der Waals surface area contributed by atoms with Gasteiger partial charge < -0.3 is 15.0 Å². The Balaban J connectivity index is 1.56. The molecule has 1 saturated heterocycles. The van der Waals surface area contributed by atoms with E-state index in [1.807, 2.05) is 0 Å². The molecule has 9 nitrogen and oxygen atoms in total. The summed E-state index contributed by atoms with van der Waals surface area (Å²) in [6.07, 6.45) is 0. The van der Waals surface area contributed by atoms with Gasteiger partial charge in [0.05, 0.1) is 13.2 Å². The molecule has 0 unspecified atom stereocenters. The zero-order valence-corrected chi connectivity index (χ0v) is 15.2. The van der Waals surface area contributed by atoms with Gasteiger partial charge in [-0.3, -0.25) is 14.5 Å². The molecule has 1 amide bonds. The van der Waals surface area contributed by atoms with Crippen LogP contribution >= 0.6 is 11.3 Å². The predicted octanol–water partition coefficient (Wildman–Crippen LogP) is -0.656. The Labute approximate surface area is 149 Å². The third-order valence-corrected chi connectivity index (χ3v) is 4.97. The molecule has 0 radical (unpaired) electrons. The van der Waals surface area contributed by atoms with Gasteiger partial charge in [0.15, 0.2) is 0 Å². The van der Waals surface area contributed by atoms with Crippen molar-refractivity contribution in [1.82, 2.24) is 24.8 Å². The molecule has 0 saturated carbocycles. The summed E-state index contributed by atoms with van der Waals surface area (Å²) in [5, 5.41) is 8.01. The van der Waals surface area contributed by atoms with Gasteiger partial charge in [0, 0.05) is 51.6 Å². The number of hydrogen-bond acceptors (Lipinski definition) is 8. The van der Waals surface area contributed by atoms with Crippen LogP contribution in [0.25, 0.3) is 4.96 Å². The molecule has 1 N–H and O–H groups in total. The number of carbonyl (C=O) groups is 1. The molecular formula is C15H22N6O3S. The minimum atomic E-state index is -0.156. The van der Waals surface area contributed by atoms with E-state index in [9.17, 15) is 9.59 Å². The number of anilines is 1. The molecule has 136 valence electrons. The van der Waals surface area contributed by atoms with Crippen molar-refractivity contribution in [3.05, 3.63) is 22.1 Å². The molecule has 0 aromatic carbocycles. The second kappa shape index (κ2) is 7.89. The Kier molecular flexibility index (Phi) is 5.61. The molecule has 2 aromatic rings. The molecule has 1 aliphatic rings. The molecule has 2 aromatic heterocycles. The summed E-state index contributed by atoms with van der Waals surface area (Å²) >= 11 is 1.42. The van der Waals surface area contributed by atoms with Crippen LogP contribution in [0.1, 0.15) is 5.69 Å². The zero-order chi connectivity index (χ0) is 17.8. The van der Waals surface area contributed by atoms with Crippen LogP contribution in [-0.4, -0.2) is 78.4 Å². The van der Waals surface area contributed by atoms with E-state index in [0.29, 0.717) is 30.4 Å². The molecule has 3 heterocycles. The second-order valence-corrected chi connectivity index (χ2v) is 6.86. The van der Waals surface area contributed by atoms with Crippen molar-refractivity contribution < 1.29 is 9.53 Å². The van der Waals surface area contributed by atoms with Gasteiger partial charge in [-0.25, -0.2) is 4.98 Å². The first-order chi connectivity index (χ1) is 12.1. The summed E-state index contributed by atoms with van der Waals surface area (Å²) in [7, 11) is 1.61. The lowest BCUT2D eigenvalue weighted by Crippen LogP contribution is -2.49. The highest BCUT2D eigenvalue weighted by Gasteiger charge is 2.22. The summed E-state index contributed by atoms with van der Waals surface area (Å²) in [5.74, 6) is 0.0108. The van der Waals surface area contributed by atoms with Gasteiger partial charge in [-0.2, -0.15) is 4.52 Å². The number of hydrogen-bond donors (Lipinski definition) is 1. The lowest BCUT2D eigenvalue weighted by atomic mass is 10.3. The number of ether oxygens (including phenoxy) is 1. The molecule has 1 fully saturated rings. The van der Waals surface area contributed by atoms with E-state index in [1.54, 1.807) is 14.0 Å². The third kappa shape index (κ3) is 4.33. The first-order valence-electron chi connectivity index (χ1n) is 8.17. The SMILES string of the molecule is COCCNC(=O)CN1CCN(c2nn3c(=O)cc(C)nc3s2)CC1. The van der Waals surface area contributed by atoms with E-state index in [-0.39, 0.29) is 11.5 Å².